The van der Waals surface area contributed by atoms with Crippen LogP contribution < -0.4 is 9.80 Å². The summed E-state index contributed by atoms with van der Waals surface area (Å²) in [5.41, 5.74) is 0.742. The summed E-state index contributed by atoms with van der Waals surface area (Å²) in [6.07, 6.45) is 8.96. The van der Waals surface area contributed by atoms with E-state index in [2.05, 4.69) is 15.9 Å². The van der Waals surface area contributed by atoms with Crippen LogP contribution >= 0.6 is 15.9 Å². The van der Waals surface area contributed by atoms with Gasteiger partial charge in [0.1, 0.15) is 5.69 Å². The van der Waals surface area contributed by atoms with Crippen molar-refractivity contribution in [2.24, 2.45) is 17.8 Å². The topological polar surface area (TPSA) is 104 Å². The van der Waals surface area contributed by atoms with Gasteiger partial charge in [-0.2, -0.15) is 0 Å². The van der Waals surface area contributed by atoms with Crippen molar-refractivity contribution in [3.63, 3.8) is 0 Å². The minimum absolute atomic E-state index is 0.0668. The molecule has 5 atom stereocenters. The number of piperidine rings is 1. The van der Waals surface area contributed by atoms with Crippen molar-refractivity contribution in [3.05, 3.63) is 74.8 Å². The van der Waals surface area contributed by atoms with Crippen molar-refractivity contribution in [2.75, 3.05) is 16.3 Å². The molecule has 2 saturated heterocycles. The fourth-order valence-electron chi connectivity index (χ4n) is 7.12. The molecule has 2 aliphatic heterocycles. The summed E-state index contributed by atoms with van der Waals surface area (Å²) < 4.78 is 0.938. The van der Waals surface area contributed by atoms with Crippen molar-refractivity contribution >= 4 is 44.8 Å². The van der Waals surface area contributed by atoms with Crippen LogP contribution in [0.3, 0.4) is 0 Å². The maximum absolute atomic E-state index is 13.1. The zero-order valence-electron chi connectivity index (χ0n) is 21.0. The summed E-state index contributed by atoms with van der Waals surface area (Å²) >= 11 is 3.50. The van der Waals surface area contributed by atoms with E-state index in [9.17, 15) is 24.8 Å². The third kappa shape index (κ3) is 4.07. The zero-order chi connectivity index (χ0) is 26.6. The first-order valence-corrected chi connectivity index (χ1v) is 14.1. The SMILES string of the molecule is O=C1[C@H]2CC=CC[C@H]2C(=O)N1c1ccc(N2CC[C@]3(O)CCCC[C@@H]3[C@@H]2c2ccc(Br)cc2)c([N+](=O)[O-])c1. The van der Waals surface area contributed by atoms with E-state index in [1.807, 2.05) is 41.3 Å². The predicted octanol–water partition coefficient (Wildman–Crippen LogP) is 5.69. The van der Waals surface area contributed by atoms with Gasteiger partial charge in [-0.25, -0.2) is 4.90 Å². The summed E-state index contributed by atoms with van der Waals surface area (Å²) in [4.78, 5) is 41.4. The molecule has 2 aliphatic carbocycles. The number of halogens is 1. The number of nitrogens with zero attached hydrogens (tertiary/aromatic N) is 3. The molecular weight excluding hydrogens is 550 g/mol. The van der Waals surface area contributed by atoms with Crippen LogP contribution in [0.4, 0.5) is 17.1 Å². The molecule has 4 aliphatic rings. The van der Waals surface area contributed by atoms with Gasteiger partial charge in [0.2, 0.25) is 11.8 Å². The third-order valence-corrected chi connectivity index (χ3v) is 9.54. The number of amides is 2. The fourth-order valence-corrected chi connectivity index (χ4v) is 7.38. The molecule has 0 unspecified atom stereocenters. The summed E-state index contributed by atoms with van der Waals surface area (Å²) in [7, 11) is 0. The molecule has 0 spiro atoms. The number of carbonyl (C=O) groups is 2. The van der Waals surface area contributed by atoms with Crippen molar-refractivity contribution in [3.8, 4) is 0 Å². The lowest BCUT2D eigenvalue weighted by Gasteiger charge is -2.53. The minimum atomic E-state index is -0.806. The Balaban J connectivity index is 1.41. The lowest BCUT2D eigenvalue weighted by atomic mass is 9.66. The highest BCUT2D eigenvalue weighted by Crippen LogP contribution is 2.52. The Bertz CT molecular complexity index is 1300. The first-order chi connectivity index (χ1) is 18.3. The molecule has 0 radical (unpaired) electrons. The quantitative estimate of drug-likeness (QED) is 0.216. The normalized spacial score (nSPS) is 30.8. The van der Waals surface area contributed by atoms with Gasteiger partial charge in [0.25, 0.3) is 5.69 Å². The Morgan fingerprint density at radius 1 is 0.974 bits per heavy atom. The van der Waals surface area contributed by atoms with E-state index >= 15 is 0 Å². The van der Waals surface area contributed by atoms with Crippen molar-refractivity contribution in [1.29, 1.82) is 0 Å². The zero-order valence-corrected chi connectivity index (χ0v) is 22.5. The van der Waals surface area contributed by atoms with Gasteiger partial charge in [0.05, 0.1) is 34.1 Å². The highest BCUT2D eigenvalue weighted by molar-refractivity contribution is 9.10. The van der Waals surface area contributed by atoms with E-state index in [-0.39, 0.29) is 35.1 Å². The Labute approximate surface area is 229 Å². The molecule has 2 aromatic carbocycles. The number of anilines is 2. The smallest absolute Gasteiger partial charge is 0.294 e. The van der Waals surface area contributed by atoms with Crippen LogP contribution in [0.2, 0.25) is 0 Å². The van der Waals surface area contributed by atoms with Gasteiger partial charge in [0.15, 0.2) is 0 Å². The molecule has 9 heteroatoms. The summed E-state index contributed by atoms with van der Waals surface area (Å²) in [5.74, 6) is -1.45. The molecule has 8 nitrogen and oxygen atoms in total. The summed E-state index contributed by atoms with van der Waals surface area (Å²) in [5, 5.41) is 24.0. The lowest BCUT2D eigenvalue weighted by molar-refractivity contribution is -0.384. The average molecular weight is 580 g/mol. The third-order valence-electron chi connectivity index (χ3n) is 9.01. The first kappa shape index (κ1) is 25.2. The van der Waals surface area contributed by atoms with Crippen molar-refractivity contribution < 1.29 is 19.6 Å². The van der Waals surface area contributed by atoms with Crippen LogP contribution in [-0.4, -0.2) is 34.0 Å². The molecule has 2 heterocycles. The van der Waals surface area contributed by atoms with Crippen LogP contribution in [0.25, 0.3) is 0 Å². The minimum Gasteiger partial charge on any atom is -0.389 e. The Kier molecular flexibility index (Phi) is 6.39. The largest absolute Gasteiger partial charge is 0.389 e. The molecule has 6 rings (SSSR count). The standard InChI is InChI=1S/C29H30BrN3O5/c30-19-10-8-18(9-11-19)26-23-7-3-4-14-29(23,36)15-16-31(26)24-13-12-20(17-25(24)33(37)38)32-27(34)21-5-1-2-6-22(21)28(32)35/h1-2,8-13,17,21-23,26,36H,3-7,14-16H2/t21-,22+,23-,26+,29-/m1/s1. The molecule has 38 heavy (non-hydrogen) atoms. The maximum atomic E-state index is 13.1. The number of nitro groups is 1. The highest BCUT2D eigenvalue weighted by Gasteiger charge is 2.51. The van der Waals surface area contributed by atoms with Crippen LogP contribution in [0.5, 0.6) is 0 Å². The number of imide groups is 1. The van der Waals surface area contributed by atoms with Gasteiger partial charge in [-0.1, -0.05) is 53.1 Å². The predicted molar refractivity (Wildman–Crippen MR) is 147 cm³/mol. The van der Waals surface area contributed by atoms with E-state index in [0.29, 0.717) is 31.5 Å². The molecule has 0 aromatic heterocycles. The van der Waals surface area contributed by atoms with Crippen LogP contribution in [0, 0.1) is 27.9 Å². The number of aliphatic hydroxyl groups is 1. The number of fused-ring (bicyclic) bond motifs is 2. The van der Waals surface area contributed by atoms with Gasteiger partial charge in [-0.3, -0.25) is 19.7 Å². The molecular formula is C29H30BrN3O5. The molecule has 198 valence electrons. The second-order valence-corrected chi connectivity index (χ2v) is 11.9. The van der Waals surface area contributed by atoms with E-state index < -0.39 is 22.4 Å². The molecule has 2 amide bonds. The molecule has 0 bridgehead atoms. The summed E-state index contributed by atoms with van der Waals surface area (Å²) in [6, 6.07) is 12.4. The second-order valence-electron chi connectivity index (χ2n) is 11.0. The van der Waals surface area contributed by atoms with E-state index in [1.54, 1.807) is 12.1 Å². The number of hydrogen-bond donors (Lipinski definition) is 1. The first-order valence-electron chi connectivity index (χ1n) is 13.3. The van der Waals surface area contributed by atoms with Gasteiger partial charge < -0.3 is 10.0 Å². The molecule has 1 saturated carbocycles. The van der Waals surface area contributed by atoms with E-state index in [1.165, 1.54) is 6.07 Å². The number of nitro benzene ring substituents is 1. The van der Waals surface area contributed by atoms with Crippen LogP contribution in [0.1, 0.15) is 56.6 Å². The van der Waals surface area contributed by atoms with E-state index in [4.69, 9.17) is 0 Å². The van der Waals surface area contributed by atoms with Gasteiger partial charge in [-0.05, 0) is 61.9 Å². The number of carbonyl (C=O) groups excluding carboxylic acids is 2. The number of benzene rings is 2. The van der Waals surface area contributed by atoms with E-state index in [0.717, 1.165) is 40.6 Å². The Morgan fingerprint density at radius 3 is 2.32 bits per heavy atom. The number of hydrogen-bond acceptors (Lipinski definition) is 6. The second kappa shape index (κ2) is 9.61. The number of allylic oxidation sites excluding steroid dienone is 2. The average Bonchev–Trinajstić information content (AvgIpc) is 3.17. The van der Waals surface area contributed by atoms with Gasteiger partial charge in [0, 0.05) is 23.0 Å². The fraction of sp³-hybridized carbons (Fsp3) is 0.448. The molecule has 3 fully saturated rings. The Morgan fingerprint density at radius 2 is 1.66 bits per heavy atom. The number of rotatable bonds is 4. The monoisotopic (exact) mass is 579 g/mol. The lowest BCUT2D eigenvalue weighted by Crippen LogP contribution is -2.55. The molecule has 2 aromatic rings. The summed E-state index contributed by atoms with van der Waals surface area (Å²) in [6.45, 7) is 0.464. The Hall–Kier alpha value is -3.04. The maximum Gasteiger partial charge on any atom is 0.294 e. The van der Waals surface area contributed by atoms with Gasteiger partial charge >= 0.3 is 0 Å². The molecule has 1 N–H and O–H groups in total. The van der Waals surface area contributed by atoms with Crippen LogP contribution in [0.15, 0.2) is 59.1 Å². The van der Waals surface area contributed by atoms with Crippen molar-refractivity contribution in [1.82, 2.24) is 0 Å². The van der Waals surface area contributed by atoms with Crippen LogP contribution in [-0.2, 0) is 9.59 Å². The highest BCUT2D eigenvalue weighted by atomic mass is 79.9. The van der Waals surface area contributed by atoms with Crippen molar-refractivity contribution in [2.45, 2.75) is 56.6 Å². The van der Waals surface area contributed by atoms with Gasteiger partial charge in [-0.15, -0.1) is 0 Å².